The third-order valence-electron chi connectivity index (χ3n) is 3.56. The Balaban J connectivity index is 0.00000180. The Kier molecular flexibility index (Phi) is 5.91. The Hall–Kier alpha value is -0.970. The number of nitrogens with zero attached hydrogens (tertiary/aromatic N) is 1. The third-order valence-corrected chi connectivity index (χ3v) is 3.56. The highest BCUT2D eigenvalue weighted by Gasteiger charge is 2.26. The van der Waals surface area contributed by atoms with Gasteiger partial charge in [0.2, 0.25) is 0 Å². The van der Waals surface area contributed by atoms with E-state index in [-0.39, 0.29) is 18.4 Å². The number of benzene rings is 1. The maximum absolute atomic E-state index is 6.04. The fraction of sp³-hybridized carbons (Fsp3) is 0.571. The molecular weight excluding hydrogens is 264 g/mol. The van der Waals surface area contributed by atoms with E-state index in [0.717, 1.165) is 31.1 Å². The largest absolute Gasteiger partial charge is 0.497 e. The zero-order chi connectivity index (χ0) is 13.1. The summed E-state index contributed by atoms with van der Waals surface area (Å²) < 4.78 is 10.6. The summed E-state index contributed by atoms with van der Waals surface area (Å²) in [6.07, 6.45) is 0. The second kappa shape index (κ2) is 6.98. The topological polar surface area (TPSA) is 47.7 Å². The molecule has 5 heteroatoms. The summed E-state index contributed by atoms with van der Waals surface area (Å²) in [5.74, 6) is 2.24. The number of ether oxygens (including phenoxy) is 2. The van der Waals surface area contributed by atoms with E-state index in [1.165, 1.54) is 5.56 Å². The molecule has 0 saturated carbocycles. The molecule has 1 aromatic rings. The molecule has 0 radical (unpaired) electrons. The fourth-order valence-electron chi connectivity index (χ4n) is 2.44. The van der Waals surface area contributed by atoms with Gasteiger partial charge in [0.25, 0.3) is 0 Å². The molecule has 1 aliphatic heterocycles. The lowest BCUT2D eigenvalue weighted by molar-refractivity contribution is 0.316. The van der Waals surface area contributed by atoms with Crippen LogP contribution in [0.4, 0.5) is 0 Å². The summed E-state index contributed by atoms with van der Waals surface area (Å²) in [4.78, 5) is 2.38. The Morgan fingerprint density at radius 2 is 1.74 bits per heavy atom. The predicted octanol–water partition coefficient (Wildman–Crippen LogP) is 1.90. The Morgan fingerprint density at radius 3 is 2.16 bits per heavy atom. The van der Waals surface area contributed by atoms with Crippen molar-refractivity contribution in [1.29, 1.82) is 0 Å². The first kappa shape index (κ1) is 16.1. The van der Waals surface area contributed by atoms with E-state index in [9.17, 15) is 0 Å². The molecule has 0 aliphatic carbocycles. The third kappa shape index (κ3) is 4.00. The SMILES string of the molecule is COc1cc(CN2CC(C)C(N)C2)cc(OC)c1.Cl. The van der Waals surface area contributed by atoms with Crippen molar-refractivity contribution in [3.63, 3.8) is 0 Å². The van der Waals surface area contributed by atoms with Crippen LogP contribution in [0.5, 0.6) is 11.5 Å². The molecule has 0 aromatic heterocycles. The zero-order valence-corrected chi connectivity index (χ0v) is 12.6. The minimum absolute atomic E-state index is 0. The van der Waals surface area contributed by atoms with Gasteiger partial charge in [-0.05, 0) is 23.6 Å². The van der Waals surface area contributed by atoms with E-state index < -0.39 is 0 Å². The van der Waals surface area contributed by atoms with Gasteiger partial charge in [-0.3, -0.25) is 4.90 Å². The number of hydrogen-bond donors (Lipinski definition) is 1. The van der Waals surface area contributed by atoms with Crippen molar-refractivity contribution in [3.8, 4) is 11.5 Å². The lowest BCUT2D eigenvalue weighted by Crippen LogP contribution is -2.28. The first-order chi connectivity index (χ1) is 8.62. The van der Waals surface area contributed by atoms with Crippen molar-refractivity contribution in [2.45, 2.75) is 19.5 Å². The second-order valence-corrected chi connectivity index (χ2v) is 5.06. The number of rotatable bonds is 4. The van der Waals surface area contributed by atoms with E-state index in [4.69, 9.17) is 15.2 Å². The van der Waals surface area contributed by atoms with Crippen LogP contribution in [0.2, 0.25) is 0 Å². The van der Waals surface area contributed by atoms with Crippen LogP contribution in [0, 0.1) is 5.92 Å². The standard InChI is InChI=1S/C14H22N2O2.ClH/c1-10-7-16(9-14(10)15)8-11-4-12(17-2)6-13(5-11)18-3;/h4-6,10,14H,7-9,15H2,1-3H3;1H. The van der Waals surface area contributed by atoms with Gasteiger partial charge in [0.1, 0.15) is 11.5 Å². The van der Waals surface area contributed by atoms with Crippen LogP contribution in [0.1, 0.15) is 12.5 Å². The highest BCUT2D eigenvalue weighted by molar-refractivity contribution is 5.85. The second-order valence-electron chi connectivity index (χ2n) is 5.06. The van der Waals surface area contributed by atoms with Crippen LogP contribution in [0.3, 0.4) is 0 Å². The highest BCUT2D eigenvalue weighted by Crippen LogP contribution is 2.25. The molecule has 2 N–H and O–H groups in total. The van der Waals surface area contributed by atoms with E-state index in [1.54, 1.807) is 14.2 Å². The van der Waals surface area contributed by atoms with E-state index in [0.29, 0.717) is 5.92 Å². The van der Waals surface area contributed by atoms with Gasteiger partial charge in [-0.25, -0.2) is 0 Å². The lowest BCUT2D eigenvalue weighted by Gasteiger charge is -2.16. The van der Waals surface area contributed by atoms with Gasteiger partial charge < -0.3 is 15.2 Å². The number of nitrogens with two attached hydrogens (primary N) is 1. The van der Waals surface area contributed by atoms with Crippen molar-refractivity contribution in [2.75, 3.05) is 27.3 Å². The van der Waals surface area contributed by atoms with Gasteiger partial charge >= 0.3 is 0 Å². The van der Waals surface area contributed by atoms with Crippen LogP contribution in [0.15, 0.2) is 18.2 Å². The van der Waals surface area contributed by atoms with Gasteiger partial charge in [-0.15, -0.1) is 12.4 Å². The number of likely N-dealkylation sites (tertiary alicyclic amines) is 1. The minimum Gasteiger partial charge on any atom is -0.497 e. The summed E-state index contributed by atoms with van der Waals surface area (Å²) in [5.41, 5.74) is 7.24. The molecular formula is C14H23ClN2O2. The van der Waals surface area contributed by atoms with E-state index in [1.807, 2.05) is 6.07 Å². The summed E-state index contributed by atoms with van der Waals surface area (Å²) in [5, 5.41) is 0. The molecule has 0 amide bonds. The average Bonchev–Trinajstić information content (AvgIpc) is 2.67. The van der Waals surface area contributed by atoms with Crippen molar-refractivity contribution in [1.82, 2.24) is 4.90 Å². The lowest BCUT2D eigenvalue weighted by atomic mass is 10.1. The number of methoxy groups -OCH3 is 2. The molecule has 1 aromatic carbocycles. The quantitative estimate of drug-likeness (QED) is 0.918. The number of hydrogen-bond acceptors (Lipinski definition) is 4. The maximum Gasteiger partial charge on any atom is 0.122 e. The first-order valence-electron chi connectivity index (χ1n) is 6.32. The number of halogens is 1. The van der Waals surface area contributed by atoms with E-state index in [2.05, 4.69) is 24.0 Å². The van der Waals surface area contributed by atoms with Crippen LogP contribution in [0.25, 0.3) is 0 Å². The average molecular weight is 287 g/mol. The minimum atomic E-state index is 0. The molecule has 0 spiro atoms. The van der Waals surface area contributed by atoms with Crippen molar-refractivity contribution < 1.29 is 9.47 Å². The Morgan fingerprint density at radius 1 is 1.16 bits per heavy atom. The zero-order valence-electron chi connectivity index (χ0n) is 11.8. The van der Waals surface area contributed by atoms with Gasteiger partial charge in [0.15, 0.2) is 0 Å². The van der Waals surface area contributed by atoms with Crippen LogP contribution >= 0.6 is 12.4 Å². The monoisotopic (exact) mass is 286 g/mol. The van der Waals surface area contributed by atoms with Crippen molar-refractivity contribution in [3.05, 3.63) is 23.8 Å². The molecule has 1 saturated heterocycles. The van der Waals surface area contributed by atoms with Gasteiger partial charge in [-0.1, -0.05) is 6.92 Å². The van der Waals surface area contributed by atoms with Crippen molar-refractivity contribution in [2.24, 2.45) is 11.7 Å². The normalized spacial score (nSPS) is 22.9. The molecule has 1 heterocycles. The molecule has 19 heavy (non-hydrogen) atoms. The summed E-state index contributed by atoms with van der Waals surface area (Å²) in [7, 11) is 3.35. The van der Waals surface area contributed by atoms with Gasteiger partial charge in [0.05, 0.1) is 14.2 Å². The molecule has 2 atom stereocenters. The molecule has 1 aliphatic rings. The Labute approximate surface area is 121 Å². The van der Waals surface area contributed by atoms with Crippen LogP contribution in [-0.4, -0.2) is 38.3 Å². The summed E-state index contributed by atoms with van der Waals surface area (Å²) in [6.45, 7) is 5.11. The summed E-state index contributed by atoms with van der Waals surface area (Å²) in [6, 6.07) is 6.29. The summed E-state index contributed by atoms with van der Waals surface area (Å²) >= 11 is 0. The van der Waals surface area contributed by atoms with E-state index >= 15 is 0 Å². The molecule has 108 valence electrons. The Bertz CT molecular complexity index is 382. The predicted molar refractivity (Wildman–Crippen MR) is 79.2 cm³/mol. The maximum atomic E-state index is 6.04. The molecule has 2 rings (SSSR count). The molecule has 0 bridgehead atoms. The van der Waals surface area contributed by atoms with Gasteiger partial charge in [-0.2, -0.15) is 0 Å². The first-order valence-corrected chi connectivity index (χ1v) is 6.32. The van der Waals surface area contributed by atoms with Crippen LogP contribution in [-0.2, 0) is 6.54 Å². The van der Waals surface area contributed by atoms with Gasteiger partial charge in [0, 0.05) is 31.7 Å². The molecule has 4 nitrogen and oxygen atoms in total. The van der Waals surface area contributed by atoms with Crippen molar-refractivity contribution >= 4 is 12.4 Å². The fourth-order valence-corrected chi connectivity index (χ4v) is 2.44. The highest BCUT2D eigenvalue weighted by atomic mass is 35.5. The smallest absolute Gasteiger partial charge is 0.122 e. The molecule has 1 fully saturated rings. The van der Waals surface area contributed by atoms with Crippen LogP contribution < -0.4 is 15.2 Å². The molecule has 2 unspecified atom stereocenters.